The van der Waals surface area contributed by atoms with E-state index in [1.54, 1.807) is 38.5 Å². The minimum atomic E-state index is -3.92. The van der Waals surface area contributed by atoms with Gasteiger partial charge in [-0.3, -0.25) is 0 Å². The quantitative estimate of drug-likeness (QED) is 0.212. The Morgan fingerprint density at radius 3 is 1.03 bits per heavy atom. The summed E-state index contributed by atoms with van der Waals surface area (Å²) in [5.41, 5.74) is 0.909. The summed E-state index contributed by atoms with van der Waals surface area (Å²) in [6.07, 6.45) is 26.4. The van der Waals surface area contributed by atoms with Gasteiger partial charge in [-0.2, -0.15) is 39.5 Å². The van der Waals surface area contributed by atoms with Gasteiger partial charge in [0, 0.05) is 35.5 Å². The summed E-state index contributed by atoms with van der Waals surface area (Å²) in [4.78, 5) is 0. The van der Waals surface area contributed by atoms with Gasteiger partial charge in [0.25, 0.3) is 17.8 Å². The molecule has 22 rings (SSSR count). The summed E-state index contributed by atoms with van der Waals surface area (Å²) in [6.45, 7) is 23.3. The van der Waals surface area contributed by atoms with Crippen molar-refractivity contribution < 1.29 is 79.0 Å². The van der Waals surface area contributed by atoms with Crippen LogP contribution >= 0.6 is 0 Å². The van der Waals surface area contributed by atoms with E-state index in [0.717, 1.165) is 152 Å². The molecule has 620 valence electrons. The lowest BCUT2D eigenvalue weighted by molar-refractivity contribution is -0.157. The highest BCUT2D eigenvalue weighted by Gasteiger charge is 2.73. The van der Waals surface area contributed by atoms with Crippen molar-refractivity contribution in [1.82, 2.24) is 0 Å². The second-order valence-electron chi connectivity index (χ2n) is 41.6. The first-order valence-corrected chi connectivity index (χ1v) is 44.3. The number of alkyl halides is 18. The predicted octanol–water partition coefficient (Wildman–Crippen LogP) is 29.2. The van der Waals surface area contributed by atoms with Gasteiger partial charge >= 0.3 is 18.5 Å². The van der Waals surface area contributed by atoms with E-state index >= 15 is 0 Å². The topological polar surface area (TPSA) is 0 Å². The Balaban J connectivity index is 0.000000110. The Morgan fingerprint density at radius 1 is 0.243 bits per heavy atom. The molecule has 22 saturated carbocycles. The van der Waals surface area contributed by atoms with Gasteiger partial charge in [0.05, 0.1) is 17.8 Å². The fraction of sp³-hybridized carbons (Fsp3) is 1.00. The largest absolute Gasteiger partial charge is 0.392 e. The maximum atomic E-state index is 12.8. The van der Waals surface area contributed by atoms with E-state index < -0.39 is 72.6 Å². The zero-order valence-corrected chi connectivity index (χ0v) is 66.7. The molecule has 22 aliphatic carbocycles. The van der Waals surface area contributed by atoms with Gasteiger partial charge in [-0.25, -0.2) is 39.5 Å². The van der Waals surface area contributed by atoms with Crippen LogP contribution in [-0.2, 0) is 0 Å². The molecule has 0 nitrogen and oxygen atoms in total. The zero-order valence-electron chi connectivity index (χ0n) is 66.7. The van der Waals surface area contributed by atoms with Crippen LogP contribution in [-0.4, -0.2) is 54.8 Å². The lowest BCUT2D eigenvalue weighted by Gasteiger charge is -2.25. The molecular formula is C89H138F18. The molecule has 36 unspecified atom stereocenters. The maximum Gasteiger partial charge on any atom is 0.392 e. The van der Waals surface area contributed by atoms with Gasteiger partial charge < -0.3 is 0 Å². The molecule has 0 aromatic carbocycles. The molecule has 0 N–H and O–H groups in total. The van der Waals surface area contributed by atoms with E-state index in [-0.39, 0.29) is 82.9 Å². The Kier molecular flexibility index (Phi) is 26.0. The third kappa shape index (κ3) is 19.9. The molecular weight excluding hydrogens is 1410 g/mol. The molecule has 18 heteroatoms. The van der Waals surface area contributed by atoms with Crippen LogP contribution in [0.2, 0.25) is 0 Å². The molecule has 107 heavy (non-hydrogen) atoms. The van der Waals surface area contributed by atoms with E-state index in [2.05, 4.69) is 48.5 Å². The molecule has 1 spiro atoms. The monoisotopic (exact) mass is 1550 g/mol. The lowest BCUT2D eigenvalue weighted by Crippen LogP contribution is -2.16. The summed E-state index contributed by atoms with van der Waals surface area (Å²) < 4.78 is 224. The fourth-order valence-electron chi connectivity index (χ4n) is 25.8. The first-order valence-electron chi connectivity index (χ1n) is 44.3. The van der Waals surface area contributed by atoms with E-state index in [1.165, 1.54) is 63.2 Å². The molecule has 0 bridgehead atoms. The molecule has 22 aliphatic rings. The van der Waals surface area contributed by atoms with Crippen molar-refractivity contribution >= 4 is 0 Å². The molecule has 0 aromatic rings. The number of halogens is 18. The van der Waals surface area contributed by atoms with Gasteiger partial charge in [-0.05, 0) is 275 Å². The predicted molar refractivity (Wildman–Crippen MR) is 388 cm³/mol. The van der Waals surface area contributed by atoms with Gasteiger partial charge in [-0.15, -0.1) is 0 Å². The van der Waals surface area contributed by atoms with Crippen molar-refractivity contribution in [2.75, 3.05) is 0 Å². The van der Waals surface area contributed by atoms with E-state index in [4.69, 9.17) is 0 Å². The second kappa shape index (κ2) is 32.7. The smallest absolute Gasteiger partial charge is 0.247 e. The van der Waals surface area contributed by atoms with Gasteiger partial charge in [0.1, 0.15) is 18.5 Å². The molecule has 0 amide bonds. The summed E-state index contributed by atoms with van der Waals surface area (Å²) in [5, 5.41) is 0. The standard InChI is InChI=1S/2C9H13F3.C9H16.C8H11F3.2C8H12F2.2C8H13F.C8H14.C7H10F2.C7H11F/c1-5-2-3-6-7(4-5)8(6)9(10,11)12;1-5-3-2-4-6-7(5)8(6)9(10,11)12;1-8-2-4-9(5-3-8)6-7-9;1-4-2-3-5-6(4)7(5)8(9,10)11;1-5-2-3-6-7(4-5)8(6,9)10;1-5-3-2-4-6-7(5)8(6,9)10;1-5-2-3-6-7(4-5)8(6)9;1-5-3-2-4-6-7(5)8(6)9;1-6-3-2-4-7-5-8(6)7;1-4-2-3-5-6(4)7(5,8)9;1-4-2-3-5-6(4)7(5)8/h2*5-8H,2-4H2,1H3;8H,2-7H2,1H3;4-7H,2-3H2,1H3;2*5-7H,2-4H2,1H3;2*5-8H,2-4H2,1H3;6-8H,2-5H2,1H3;4-6H,2-3H2,1H3;4-7H,2-3H2,1H3. The molecule has 0 saturated heterocycles. The highest BCUT2D eigenvalue weighted by atomic mass is 19.4. The van der Waals surface area contributed by atoms with Crippen LogP contribution in [0.1, 0.15) is 294 Å². The lowest BCUT2D eigenvalue weighted by atomic mass is 9.81. The van der Waals surface area contributed by atoms with Crippen molar-refractivity contribution in [1.29, 1.82) is 0 Å². The second-order valence-corrected chi connectivity index (χ2v) is 41.6. The van der Waals surface area contributed by atoms with Crippen molar-refractivity contribution in [2.24, 2.45) is 207 Å². The summed E-state index contributed by atoms with van der Waals surface area (Å²) in [6, 6.07) is 0. The Labute approximate surface area is 632 Å². The van der Waals surface area contributed by atoms with Crippen LogP contribution in [0.4, 0.5) is 79.0 Å². The van der Waals surface area contributed by atoms with E-state index in [0.29, 0.717) is 71.0 Å². The number of hydrogen-bond acceptors (Lipinski definition) is 0. The van der Waals surface area contributed by atoms with Gasteiger partial charge in [0.15, 0.2) is 0 Å². The zero-order chi connectivity index (χ0) is 77.9. The van der Waals surface area contributed by atoms with Crippen LogP contribution in [0.3, 0.4) is 0 Å². The van der Waals surface area contributed by atoms with Crippen molar-refractivity contribution in [3.63, 3.8) is 0 Å². The molecule has 22 fully saturated rings. The van der Waals surface area contributed by atoms with Crippen LogP contribution in [0, 0.1) is 207 Å². The fourth-order valence-corrected chi connectivity index (χ4v) is 25.8. The third-order valence-electron chi connectivity index (χ3n) is 33.8. The van der Waals surface area contributed by atoms with Crippen LogP contribution in [0.15, 0.2) is 0 Å². The number of rotatable bonds is 0. The first-order chi connectivity index (χ1) is 50.0. The summed E-state index contributed by atoms with van der Waals surface area (Å²) in [5.74, 6) is 0.552. The first kappa shape index (κ1) is 85.1. The summed E-state index contributed by atoms with van der Waals surface area (Å²) >= 11 is 0. The number of fused-ring (bicyclic) bond motifs is 10. The van der Waals surface area contributed by atoms with Crippen LogP contribution in [0.25, 0.3) is 0 Å². The third-order valence-corrected chi connectivity index (χ3v) is 33.8. The molecule has 0 radical (unpaired) electrons. The van der Waals surface area contributed by atoms with Gasteiger partial charge in [-0.1, -0.05) is 172 Å². The van der Waals surface area contributed by atoms with E-state index in [9.17, 15) is 79.0 Å². The normalized spacial score (nSPS) is 50.2. The average molecular weight is 1550 g/mol. The van der Waals surface area contributed by atoms with Crippen LogP contribution in [0.5, 0.6) is 0 Å². The van der Waals surface area contributed by atoms with Crippen molar-refractivity contribution in [3.05, 3.63) is 0 Å². The highest BCUT2D eigenvalue weighted by Crippen LogP contribution is 2.70. The molecule has 0 heterocycles. The average Bonchev–Trinajstić information content (AvgIpc) is 1.55. The Morgan fingerprint density at radius 2 is 0.636 bits per heavy atom. The number of hydrogen-bond donors (Lipinski definition) is 0. The van der Waals surface area contributed by atoms with Crippen molar-refractivity contribution in [3.8, 4) is 0 Å². The molecule has 36 atom stereocenters. The maximum absolute atomic E-state index is 12.8. The van der Waals surface area contributed by atoms with Gasteiger partial charge in [0.2, 0.25) is 0 Å². The van der Waals surface area contributed by atoms with E-state index in [1.807, 2.05) is 27.7 Å². The SMILES string of the molecule is CC1CCC2(CC1)CC2.CC1CCC2C(C1)C2(F)F.CC1CCC2C(C1)C2C(F)(F)F.CC1CCC2C(F)C12.CC1CCC2C(F)C2C1.CC1CCC2C1C2(F)F.CC1CCC2C1C2C(F)(F)F.CC1CCCC2C(F)C12.CC1CCCC2C1C2(F)F.CC1CCCC2C1C2C(F)(F)F.CC1CCCC2CC12. The van der Waals surface area contributed by atoms with Crippen LogP contribution < -0.4 is 0 Å². The minimum Gasteiger partial charge on any atom is -0.247 e. The molecule has 0 aromatic heterocycles. The Bertz CT molecular complexity index is 2830. The van der Waals surface area contributed by atoms with Crippen molar-refractivity contribution in [2.45, 2.75) is 349 Å². The summed E-state index contributed by atoms with van der Waals surface area (Å²) in [7, 11) is 0. The molecule has 0 aliphatic heterocycles. The minimum absolute atomic E-state index is 0.00926. The highest BCUT2D eigenvalue weighted by molar-refractivity contribution is 5.13. The Hall–Kier alpha value is -1.26.